The van der Waals surface area contributed by atoms with Crippen molar-refractivity contribution in [2.45, 2.75) is 11.6 Å². The Balaban J connectivity index is 1.55. The van der Waals surface area contributed by atoms with Crippen LogP contribution in [0.4, 0.5) is 4.39 Å². The van der Waals surface area contributed by atoms with Gasteiger partial charge in [0.1, 0.15) is 11.6 Å². The number of imidazole rings is 1. The lowest BCUT2D eigenvalue weighted by molar-refractivity contribution is -0.124. The number of ether oxygens (including phenoxy) is 2. The Morgan fingerprint density at radius 1 is 1.13 bits per heavy atom. The van der Waals surface area contributed by atoms with Gasteiger partial charge < -0.3 is 14.8 Å². The van der Waals surface area contributed by atoms with E-state index < -0.39 is 18.5 Å². The quantitative estimate of drug-likeness (QED) is 0.404. The van der Waals surface area contributed by atoms with Crippen molar-refractivity contribution in [1.29, 1.82) is 0 Å². The molecule has 7 nitrogen and oxygen atoms in total. The molecule has 1 N–H and O–H groups in total. The average Bonchev–Trinajstić information content (AvgIpc) is 3.22. The second kappa shape index (κ2) is 10.6. The number of esters is 1. The Kier molecular flexibility index (Phi) is 7.66. The fraction of sp³-hybridized carbons (Fsp3) is 0.227. The maximum Gasteiger partial charge on any atom is 0.357 e. The highest BCUT2D eigenvalue weighted by Crippen LogP contribution is 2.22. The first-order valence-corrected chi connectivity index (χ1v) is 10.7. The molecule has 1 heterocycles. The predicted molar refractivity (Wildman–Crippen MR) is 115 cm³/mol. The Labute approximate surface area is 183 Å². The van der Waals surface area contributed by atoms with Crippen LogP contribution in [0.5, 0.6) is 5.75 Å². The Hall–Kier alpha value is -3.33. The normalized spacial score (nSPS) is 10.5. The maximum atomic E-state index is 13.3. The van der Waals surface area contributed by atoms with E-state index in [1.165, 1.54) is 30.1 Å². The van der Waals surface area contributed by atoms with Gasteiger partial charge in [-0.1, -0.05) is 23.9 Å². The molecule has 9 heteroatoms. The lowest BCUT2D eigenvalue weighted by Gasteiger charge is -2.11. The first-order valence-electron chi connectivity index (χ1n) is 9.46. The zero-order valence-electron chi connectivity index (χ0n) is 17.1. The van der Waals surface area contributed by atoms with E-state index >= 15 is 0 Å². The number of carbonyl (C=O) groups excluding carboxylic acids is 2. The minimum absolute atomic E-state index is 0.155. The van der Waals surface area contributed by atoms with Gasteiger partial charge >= 0.3 is 5.97 Å². The second-order valence-corrected chi connectivity index (χ2v) is 7.24. The van der Waals surface area contributed by atoms with Crippen LogP contribution in [0.1, 0.15) is 16.1 Å². The molecule has 162 valence electrons. The maximum absolute atomic E-state index is 13.3. The van der Waals surface area contributed by atoms with Crippen LogP contribution >= 0.6 is 11.8 Å². The van der Waals surface area contributed by atoms with E-state index in [4.69, 9.17) is 9.47 Å². The highest BCUT2D eigenvalue weighted by molar-refractivity contribution is 7.98. The summed E-state index contributed by atoms with van der Waals surface area (Å²) in [5.41, 5.74) is 1.77. The number of halogens is 1. The number of aromatic nitrogens is 2. The molecule has 0 bridgehead atoms. The summed E-state index contributed by atoms with van der Waals surface area (Å²) < 4.78 is 25.1. The van der Waals surface area contributed by atoms with Crippen LogP contribution in [0, 0.1) is 5.82 Å². The fourth-order valence-corrected chi connectivity index (χ4v) is 3.40. The zero-order valence-corrected chi connectivity index (χ0v) is 17.9. The molecule has 3 rings (SSSR count). The molecule has 0 aliphatic heterocycles. The SMILES string of the molecule is COc1ccc(CCNC(=O)COC(=O)c2cnc(SC)n2-c2ccc(F)cc2)cc1. The van der Waals surface area contributed by atoms with E-state index in [9.17, 15) is 14.0 Å². The molecule has 0 fully saturated rings. The number of hydrogen-bond acceptors (Lipinski definition) is 6. The first kappa shape index (κ1) is 22.4. The molecule has 0 saturated heterocycles. The summed E-state index contributed by atoms with van der Waals surface area (Å²) in [4.78, 5) is 28.8. The number of thioether (sulfide) groups is 1. The highest BCUT2D eigenvalue weighted by Gasteiger charge is 2.20. The smallest absolute Gasteiger partial charge is 0.357 e. The van der Waals surface area contributed by atoms with Crippen LogP contribution in [-0.2, 0) is 16.0 Å². The van der Waals surface area contributed by atoms with Crippen LogP contribution in [0.25, 0.3) is 5.69 Å². The molecule has 0 aliphatic rings. The monoisotopic (exact) mass is 443 g/mol. The van der Waals surface area contributed by atoms with Gasteiger partial charge in [-0.3, -0.25) is 9.36 Å². The van der Waals surface area contributed by atoms with Crippen molar-refractivity contribution in [3.05, 3.63) is 71.8 Å². The van der Waals surface area contributed by atoms with Crippen LogP contribution in [0.15, 0.2) is 59.9 Å². The highest BCUT2D eigenvalue weighted by atomic mass is 32.2. The number of nitrogens with one attached hydrogen (secondary N) is 1. The summed E-state index contributed by atoms with van der Waals surface area (Å²) in [6, 6.07) is 13.2. The molecular weight excluding hydrogens is 421 g/mol. The number of methoxy groups -OCH3 is 1. The molecule has 31 heavy (non-hydrogen) atoms. The standard InChI is InChI=1S/C22H22FN3O4S/c1-29-18-9-3-15(4-10-18)11-12-24-20(27)14-30-21(28)19-13-25-22(31-2)26(19)17-7-5-16(23)6-8-17/h3-10,13H,11-12,14H2,1-2H3,(H,24,27). The number of carbonyl (C=O) groups is 2. The van der Waals surface area contributed by atoms with Crippen molar-refractivity contribution in [3.8, 4) is 11.4 Å². The third-order valence-corrected chi connectivity index (χ3v) is 5.09. The van der Waals surface area contributed by atoms with E-state index in [1.54, 1.807) is 23.8 Å². The summed E-state index contributed by atoms with van der Waals surface area (Å²) in [5, 5.41) is 3.26. The van der Waals surface area contributed by atoms with E-state index in [1.807, 2.05) is 30.5 Å². The molecule has 3 aromatic rings. The van der Waals surface area contributed by atoms with Crippen LogP contribution < -0.4 is 10.1 Å². The van der Waals surface area contributed by atoms with Gasteiger partial charge in [-0.25, -0.2) is 14.2 Å². The molecule has 0 atom stereocenters. The van der Waals surface area contributed by atoms with E-state index in [0.29, 0.717) is 23.8 Å². The minimum atomic E-state index is -0.692. The summed E-state index contributed by atoms with van der Waals surface area (Å²) in [5.74, 6) is -0.712. The van der Waals surface area contributed by atoms with E-state index in [0.717, 1.165) is 11.3 Å². The lowest BCUT2D eigenvalue weighted by Crippen LogP contribution is -2.30. The predicted octanol–water partition coefficient (Wildman–Crippen LogP) is 3.26. The lowest BCUT2D eigenvalue weighted by atomic mass is 10.1. The number of amides is 1. The van der Waals surface area contributed by atoms with Crippen molar-refractivity contribution < 1.29 is 23.5 Å². The second-order valence-electron chi connectivity index (χ2n) is 6.47. The Morgan fingerprint density at radius 2 is 1.84 bits per heavy atom. The van der Waals surface area contributed by atoms with Crippen LogP contribution in [0.2, 0.25) is 0 Å². The van der Waals surface area contributed by atoms with Gasteiger partial charge in [0.25, 0.3) is 5.91 Å². The van der Waals surface area contributed by atoms with Crippen molar-refractivity contribution >= 4 is 23.6 Å². The van der Waals surface area contributed by atoms with Crippen molar-refractivity contribution in [1.82, 2.24) is 14.9 Å². The largest absolute Gasteiger partial charge is 0.497 e. The number of hydrogen-bond donors (Lipinski definition) is 1. The molecule has 1 aromatic heterocycles. The Bertz CT molecular complexity index is 1040. The zero-order chi connectivity index (χ0) is 22.2. The van der Waals surface area contributed by atoms with Gasteiger partial charge in [-0.15, -0.1) is 0 Å². The molecule has 1 amide bonds. The number of benzene rings is 2. The number of nitrogens with zero attached hydrogens (tertiary/aromatic N) is 2. The van der Waals surface area contributed by atoms with Crippen LogP contribution in [-0.4, -0.2) is 47.9 Å². The third kappa shape index (κ3) is 5.85. The number of rotatable bonds is 9. The fourth-order valence-electron chi connectivity index (χ4n) is 2.86. The molecule has 2 aromatic carbocycles. The topological polar surface area (TPSA) is 82.4 Å². The molecule has 0 spiro atoms. The molecule has 0 aliphatic carbocycles. The van der Waals surface area contributed by atoms with Gasteiger partial charge in [0.05, 0.1) is 13.3 Å². The minimum Gasteiger partial charge on any atom is -0.497 e. The summed E-state index contributed by atoms with van der Waals surface area (Å²) >= 11 is 1.33. The third-order valence-electron chi connectivity index (χ3n) is 4.44. The summed E-state index contributed by atoms with van der Waals surface area (Å²) in [7, 11) is 1.60. The Morgan fingerprint density at radius 3 is 2.48 bits per heavy atom. The first-order chi connectivity index (χ1) is 15.0. The van der Waals surface area contributed by atoms with E-state index in [2.05, 4.69) is 10.3 Å². The molecule has 0 unspecified atom stereocenters. The van der Waals surface area contributed by atoms with E-state index in [-0.39, 0.29) is 11.5 Å². The van der Waals surface area contributed by atoms with Gasteiger partial charge in [0, 0.05) is 12.2 Å². The summed E-state index contributed by atoms with van der Waals surface area (Å²) in [6.07, 6.45) is 3.82. The van der Waals surface area contributed by atoms with Gasteiger partial charge in [0.2, 0.25) is 0 Å². The summed E-state index contributed by atoms with van der Waals surface area (Å²) in [6.45, 7) is -0.00249. The molecular formula is C22H22FN3O4S. The van der Waals surface area contributed by atoms with Gasteiger partial charge in [-0.2, -0.15) is 0 Å². The van der Waals surface area contributed by atoms with Crippen LogP contribution in [0.3, 0.4) is 0 Å². The van der Waals surface area contributed by atoms with Crippen molar-refractivity contribution in [2.24, 2.45) is 0 Å². The van der Waals surface area contributed by atoms with Gasteiger partial charge in [0.15, 0.2) is 17.5 Å². The van der Waals surface area contributed by atoms with Crippen molar-refractivity contribution in [2.75, 3.05) is 26.5 Å². The molecule has 0 radical (unpaired) electrons. The van der Waals surface area contributed by atoms with Crippen molar-refractivity contribution in [3.63, 3.8) is 0 Å². The average molecular weight is 444 g/mol. The van der Waals surface area contributed by atoms with Gasteiger partial charge in [-0.05, 0) is 54.6 Å². The molecule has 0 saturated carbocycles.